The van der Waals surface area contributed by atoms with E-state index in [0.29, 0.717) is 0 Å². The molecule has 0 saturated carbocycles. The van der Waals surface area contributed by atoms with Crippen molar-refractivity contribution in [3.05, 3.63) is 45.6 Å². The molecule has 114 valence electrons. The highest BCUT2D eigenvalue weighted by molar-refractivity contribution is 7.17. The first-order valence-corrected chi connectivity index (χ1v) is 7.97. The number of fused-ring (bicyclic) bond motifs is 1. The van der Waals surface area contributed by atoms with Crippen LogP contribution < -0.4 is 0 Å². The molecular weight excluding hydrogens is 296 g/mol. The SMILES string of the molecule is Cc1ccc(-c2nc3sc(C)c(C)n3c2CC(=O)O)c(C)c1. The zero-order chi connectivity index (χ0) is 16.0. The van der Waals surface area contributed by atoms with Crippen LogP contribution in [0, 0.1) is 27.7 Å². The molecule has 0 spiro atoms. The monoisotopic (exact) mass is 314 g/mol. The molecule has 0 fully saturated rings. The van der Waals surface area contributed by atoms with Gasteiger partial charge in [0.05, 0.1) is 17.8 Å². The van der Waals surface area contributed by atoms with Crippen LogP contribution in [0.25, 0.3) is 16.2 Å². The topological polar surface area (TPSA) is 54.6 Å². The third-order valence-electron chi connectivity index (χ3n) is 3.99. The van der Waals surface area contributed by atoms with Crippen LogP contribution in [0.5, 0.6) is 0 Å². The van der Waals surface area contributed by atoms with Crippen molar-refractivity contribution in [1.82, 2.24) is 9.38 Å². The lowest BCUT2D eigenvalue weighted by molar-refractivity contribution is -0.136. The first kappa shape index (κ1) is 14.8. The molecule has 0 unspecified atom stereocenters. The minimum Gasteiger partial charge on any atom is -0.481 e. The number of hydrogen-bond donors (Lipinski definition) is 1. The van der Waals surface area contributed by atoms with Gasteiger partial charge in [-0.3, -0.25) is 9.20 Å². The zero-order valence-electron chi connectivity index (χ0n) is 13.1. The summed E-state index contributed by atoms with van der Waals surface area (Å²) in [5, 5.41) is 9.29. The highest BCUT2D eigenvalue weighted by atomic mass is 32.1. The van der Waals surface area contributed by atoms with E-state index >= 15 is 0 Å². The Morgan fingerprint density at radius 3 is 2.64 bits per heavy atom. The Hall–Kier alpha value is -2.14. The van der Waals surface area contributed by atoms with Gasteiger partial charge in [-0.15, -0.1) is 11.3 Å². The van der Waals surface area contributed by atoms with Gasteiger partial charge < -0.3 is 5.11 Å². The molecule has 0 amide bonds. The summed E-state index contributed by atoms with van der Waals surface area (Å²) in [4.78, 5) is 18.1. The lowest BCUT2D eigenvalue weighted by atomic mass is 10.0. The molecular formula is C17H18N2O2S. The second-order valence-electron chi connectivity index (χ2n) is 5.66. The second-order valence-corrected chi connectivity index (χ2v) is 6.84. The molecule has 0 saturated heterocycles. The van der Waals surface area contributed by atoms with Gasteiger partial charge in [-0.2, -0.15) is 0 Å². The Balaban J connectivity index is 2.31. The summed E-state index contributed by atoms with van der Waals surface area (Å²) in [6.45, 7) is 8.14. The van der Waals surface area contributed by atoms with Crippen LogP contribution in [0.1, 0.15) is 27.4 Å². The van der Waals surface area contributed by atoms with Crippen molar-refractivity contribution in [3.8, 4) is 11.3 Å². The maximum Gasteiger partial charge on any atom is 0.309 e. The average Bonchev–Trinajstić information content (AvgIpc) is 2.88. The van der Waals surface area contributed by atoms with Crippen molar-refractivity contribution in [3.63, 3.8) is 0 Å². The van der Waals surface area contributed by atoms with Crippen LogP contribution in [0.3, 0.4) is 0 Å². The number of benzene rings is 1. The highest BCUT2D eigenvalue weighted by Gasteiger charge is 2.21. The van der Waals surface area contributed by atoms with Gasteiger partial charge in [0.15, 0.2) is 4.96 Å². The van der Waals surface area contributed by atoms with E-state index in [-0.39, 0.29) is 6.42 Å². The molecule has 0 aliphatic carbocycles. The lowest BCUT2D eigenvalue weighted by Gasteiger charge is -2.07. The third kappa shape index (κ3) is 2.31. The maximum absolute atomic E-state index is 11.3. The molecule has 0 aliphatic rings. The van der Waals surface area contributed by atoms with E-state index in [0.717, 1.165) is 33.2 Å². The molecule has 0 aliphatic heterocycles. The molecule has 2 aromatic heterocycles. The van der Waals surface area contributed by atoms with Crippen molar-refractivity contribution < 1.29 is 9.90 Å². The number of carboxylic acids is 1. The van der Waals surface area contributed by atoms with E-state index in [1.165, 1.54) is 10.4 Å². The van der Waals surface area contributed by atoms with E-state index in [4.69, 9.17) is 4.98 Å². The molecule has 0 radical (unpaired) electrons. The molecule has 3 aromatic rings. The first-order valence-electron chi connectivity index (χ1n) is 7.15. The second kappa shape index (κ2) is 5.25. The Morgan fingerprint density at radius 1 is 1.27 bits per heavy atom. The van der Waals surface area contributed by atoms with Crippen molar-refractivity contribution >= 4 is 22.3 Å². The smallest absolute Gasteiger partial charge is 0.309 e. The molecule has 4 nitrogen and oxygen atoms in total. The van der Waals surface area contributed by atoms with E-state index in [2.05, 4.69) is 6.07 Å². The summed E-state index contributed by atoms with van der Waals surface area (Å²) in [5.74, 6) is -0.837. The van der Waals surface area contributed by atoms with Gasteiger partial charge in [-0.25, -0.2) is 4.98 Å². The van der Waals surface area contributed by atoms with Crippen LogP contribution in [0.4, 0.5) is 0 Å². The van der Waals surface area contributed by atoms with Gasteiger partial charge in [-0.1, -0.05) is 23.8 Å². The van der Waals surface area contributed by atoms with E-state index < -0.39 is 5.97 Å². The molecule has 1 N–H and O–H groups in total. The molecule has 1 aromatic carbocycles. The number of nitrogens with zero attached hydrogens (tertiary/aromatic N) is 2. The van der Waals surface area contributed by atoms with Crippen LogP contribution in [0.15, 0.2) is 18.2 Å². The minimum atomic E-state index is -0.837. The van der Waals surface area contributed by atoms with Crippen LogP contribution in [0.2, 0.25) is 0 Å². The number of carboxylic acid groups (broad SMARTS) is 1. The number of rotatable bonds is 3. The van der Waals surface area contributed by atoms with Gasteiger partial charge >= 0.3 is 5.97 Å². The van der Waals surface area contributed by atoms with Crippen molar-refractivity contribution in [2.45, 2.75) is 34.1 Å². The minimum absolute atomic E-state index is 0.0270. The van der Waals surface area contributed by atoms with Crippen LogP contribution in [-0.4, -0.2) is 20.5 Å². The summed E-state index contributed by atoms with van der Waals surface area (Å²) < 4.78 is 1.99. The summed E-state index contributed by atoms with van der Waals surface area (Å²) in [6.07, 6.45) is -0.0270. The molecule has 5 heteroatoms. The predicted octanol–water partition coefficient (Wildman–Crippen LogP) is 3.92. The van der Waals surface area contributed by atoms with E-state index in [9.17, 15) is 9.90 Å². The van der Waals surface area contributed by atoms with Gasteiger partial charge in [0.2, 0.25) is 0 Å². The molecule has 3 rings (SSSR count). The zero-order valence-corrected chi connectivity index (χ0v) is 13.9. The summed E-state index contributed by atoms with van der Waals surface area (Å²) in [6, 6.07) is 6.18. The highest BCUT2D eigenvalue weighted by Crippen LogP contribution is 2.32. The number of aryl methyl sites for hydroxylation is 4. The van der Waals surface area contributed by atoms with Crippen molar-refractivity contribution in [1.29, 1.82) is 0 Å². The first-order chi connectivity index (χ1) is 10.4. The fraction of sp³-hybridized carbons (Fsp3) is 0.294. The average molecular weight is 314 g/mol. The summed E-state index contributed by atoms with van der Waals surface area (Å²) in [5.41, 5.74) is 5.93. The fourth-order valence-electron chi connectivity index (χ4n) is 2.82. The van der Waals surface area contributed by atoms with Gasteiger partial charge in [0.1, 0.15) is 0 Å². The van der Waals surface area contributed by atoms with Crippen LogP contribution in [-0.2, 0) is 11.2 Å². The van der Waals surface area contributed by atoms with Gasteiger partial charge in [-0.05, 0) is 33.3 Å². The Kier molecular flexibility index (Phi) is 3.53. The fourth-order valence-corrected chi connectivity index (χ4v) is 3.80. The molecule has 0 bridgehead atoms. The van der Waals surface area contributed by atoms with Gasteiger partial charge in [0.25, 0.3) is 0 Å². The standard InChI is InChI=1S/C17H18N2O2S/c1-9-5-6-13(10(2)7-9)16-14(8-15(20)21)19-11(3)12(4)22-17(19)18-16/h5-7H,8H2,1-4H3,(H,20,21). The summed E-state index contributed by atoms with van der Waals surface area (Å²) >= 11 is 1.60. The number of imidazole rings is 1. The maximum atomic E-state index is 11.3. The van der Waals surface area contributed by atoms with E-state index in [1.54, 1.807) is 11.3 Å². The van der Waals surface area contributed by atoms with E-state index in [1.807, 2.05) is 44.2 Å². The predicted molar refractivity (Wildman–Crippen MR) is 88.8 cm³/mol. The number of thiazole rings is 1. The molecule has 22 heavy (non-hydrogen) atoms. The number of carbonyl (C=O) groups is 1. The Bertz CT molecular complexity index is 890. The number of aromatic nitrogens is 2. The van der Waals surface area contributed by atoms with Crippen LogP contribution >= 0.6 is 11.3 Å². The third-order valence-corrected chi connectivity index (χ3v) is 5.05. The number of aliphatic carboxylic acids is 1. The normalized spacial score (nSPS) is 11.3. The lowest BCUT2D eigenvalue weighted by Crippen LogP contribution is -2.05. The van der Waals surface area contributed by atoms with Gasteiger partial charge in [0, 0.05) is 16.1 Å². The van der Waals surface area contributed by atoms with Crippen molar-refractivity contribution in [2.24, 2.45) is 0 Å². The van der Waals surface area contributed by atoms with Crippen molar-refractivity contribution in [2.75, 3.05) is 0 Å². The number of hydrogen-bond acceptors (Lipinski definition) is 3. The largest absolute Gasteiger partial charge is 0.481 e. The Morgan fingerprint density at radius 2 is 2.00 bits per heavy atom. The quantitative estimate of drug-likeness (QED) is 0.797. The Labute approximate surface area is 133 Å². The molecule has 0 atom stereocenters. The molecule has 2 heterocycles. The summed E-state index contributed by atoms with van der Waals surface area (Å²) in [7, 11) is 0.